The number of carboxylic acid groups (broad SMARTS) is 1. The number of hydrogen-bond donors (Lipinski definition) is 2. The van der Waals surface area contributed by atoms with E-state index in [1.807, 2.05) is 0 Å². The number of halogens is 3. The third-order valence-electron chi connectivity index (χ3n) is 2.61. The zero-order valence-electron chi connectivity index (χ0n) is 9.84. The minimum Gasteiger partial charge on any atom is -0.480 e. The highest BCUT2D eigenvalue weighted by Gasteiger charge is 2.41. The molecule has 0 bridgehead atoms. The Labute approximate surface area is 97.8 Å². The Bertz CT molecular complexity index is 292. The Kier molecular flexibility index (Phi) is 4.03. The number of nitrogens with zero attached hydrogens (tertiary/aromatic N) is 1. The van der Waals surface area contributed by atoms with E-state index in [-0.39, 0.29) is 12.6 Å². The molecule has 100 valence electrons. The first kappa shape index (κ1) is 14.2. The number of carboxylic acids is 1. The van der Waals surface area contributed by atoms with Gasteiger partial charge in [0.15, 0.2) is 0 Å². The van der Waals surface area contributed by atoms with Gasteiger partial charge in [-0.3, -0.25) is 15.0 Å². The standard InChI is InChI=1S/C10H17F3N2O2/c1-9(8(16)17,14-7-3-4-7)5-15(2)6-10(11,12)13/h7,14H,3-6H2,1-2H3,(H,16,17). The highest BCUT2D eigenvalue weighted by atomic mass is 19.4. The molecule has 0 spiro atoms. The van der Waals surface area contributed by atoms with Crippen molar-refractivity contribution in [2.45, 2.75) is 37.5 Å². The molecule has 7 heteroatoms. The minimum atomic E-state index is -4.31. The van der Waals surface area contributed by atoms with Crippen molar-refractivity contribution in [2.75, 3.05) is 20.1 Å². The topological polar surface area (TPSA) is 52.6 Å². The van der Waals surface area contributed by atoms with Crippen LogP contribution in [0.25, 0.3) is 0 Å². The molecule has 0 radical (unpaired) electrons. The van der Waals surface area contributed by atoms with Gasteiger partial charge in [0, 0.05) is 12.6 Å². The van der Waals surface area contributed by atoms with Crippen molar-refractivity contribution in [1.29, 1.82) is 0 Å². The second-order valence-electron chi connectivity index (χ2n) is 4.84. The van der Waals surface area contributed by atoms with Crippen LogP contribution in [-0.2, 0) is 4.79 Å². The molecule has 1 unspecified atom stereocenters. The second kappa shape index (κ2) is 4.81. The van der Waals surface area contributed by atoms with Crippen LogP contribution in [0.5, 0.6) is 0 Å². The number of likely N-dealkylation sites (N-methyl/N-ethyl adjacent to an activating group) is 1. The molecule has 1 saturated carbocycles. The van der Waals surface area contributed by atoms with Crippen LogP contribution in [0.15, 0.2) is 0 Å². The van der Waals surface area contributed by atoms with Gasteiger partial charge in [-0.05, 0) is 26.8 Å². The fraction of sp³-hybridized carbons (Fsp3) is 0.900. The molecule has 0 aromatic heterocycles. The molecular formula is C10H17F3N2O2. The largest absolute Gasteiger partial charge is 0.480 e. The van der Waals surface area contributed by atoms with Crippen LogP contribution in [-0.4, -0.2) is 53.9 Å². The van der Waals surface area contributed by atoms with E-state index >= 15 is 0 Å². The van der Waals surface area contributed by atoms with Crippen LogP contribution < -0.4 is 5.32 Å². The molecule has 0 aliphatic heterocycles. The lowest BCUT2D eigenvalue weighted by atomic mass is 10.0. The molecule has 0 aromatic carbocycles. The smallest absolute Gasteiger partial charge is 0.401 e. The fourth-order valence-corrected chi connectivity index (χ4v) is 1.75. The normalized spacial score (nSPS) is 20.4. The molecule has 4 nitrogen and oxygen atoms in total. The number of carbonyl (C=O) groups is 1. The van der Waals surface area contributed by atoms with Gasteiger partial charge in [0.1, 0.15) is 5.54 Å². The van der Waals surface area contributed by atoms with Crippen LogP contribution in [0.1, 0.15) is 19.8 Å². The van der Waals surface area contributed by atoms with E-state index in [1.165, 1.54) is 14.0 Å². The van der Waals surface area contributed by atoms with Gasteiger partial charge in [-0.25, -0.2) is 0 Å². The SMILES string of the molecule is CN(CC(F)(F)F)CC(C)(NC1CC1)C(=O)O. The maximum absolute atomic E-state index is 12.1. The molecular weight excluding hydrogens is 237 g/mol. The van der Waals surface area contributed by atoms with Crippen LogP contribution in [0, 0.1) is 0 Å². The molecule has 1 atom stereocenters. The summed E-state index contributed by atoms with van der Waals surface area (Å²) >= 11 is 0. The lowest BCUT2D eigenvalue weighted by Crippen LogP contribution is -2.57. The Balaban J connectivity index is 2.56. The number of hydrogen-bond acceptors (Lipinski definition) is 3. The van der Waals surface area contributed by atoms with E-state index in [9.17, 15) is 18.0 Å². The van der Waals surface area contributed by atoms with Crippen LogP contribution in [0.2, 0.25) is 0 Å². The van der Waals surface area contributed by atoms with Crippen molar-refractivity contribution in [3.8, 4) is 0 Å². The maximum atomic E-state index is 12.1. The third kappa shape index (κ3) is 4.91. The van der Waals surface area contributed by atoms with E-state index in [1.54, 1.807) is 0 Å². The summed E-state index contributed by atoms with van der Waals surface area (Å²) in [7, 11) is 1.27. The van der Waals surface area contributed by atoms with Crippen molar-refractivity contribution >= 4 is 5.97 Å². The van der Waals surface area contributed by atoms with Crippen LogP contribution in [0.4, 0.5) is 13.2 Å². The van der Waals surface area contributed by atoms with E-state index < -0.39 is 24.2 Å². The molecule has 0 aromatic rings. The number of rotatable bonds is 6. The monoisotopic (exact) mass is 254 g/mol. The molecule has 0 amide bonds. The summed E-state index contributed by atoms with van der Waals surface area (Å²) in [5.74, 6) is -1.13. The summed E-state index contributed by atoms with van der Waals surface area (Å²) in [4.78, 5) is 12.1. The summed E-state index contributed by atoms with van der Waals surface area (Å²) in [6.45, 7) is 0.126. The maximum Gasteiger partial charge on any atom is 0.401 e. The predicted molar refractivity (Wildman–Crippen MR) is 55.8 cm³/mol. The fourth-order valence-electron chi connectivity index (χ4n) is 1.75. The molecule has 0 saturated heterocycles. The first-order valence-corrected chi connectivity index (χ1v) is 5.39. The van der Waals surface area contributed by atoms with Crippen molar-refractivity contribution in [2.24, 2.45) is 0 Å². The highest BCUT2D eigenvalue weighted by molar-refractivity contribution is 5.78. The quantitative estimate of drug-likeness (QED) is 0.744. The van der Waals surface area contributed by atoms with E-state index in [0.717, 1.165) is 17.7 Å². The van der Waals surface area contributed by atoms with E-state index in [0.29, 0.717) is 0 Å². The van der Waals surface area contributed by atoms with Crippen molar-refractivity contribution < 1.29 is 23.1 Å². The van der Waals surface area contributed by atoms with Crippen LogP contribution in [0.3, 0.4) is 0 Å². The zero-order chi connectivity index (χ0) is 13.3. The zero-order valence-corrected chi connectivity index (χ0v) is 9.84. The van der Waals surface area contributed by atoms with Gasteiger partial charge in [0.2, 0.25) is 0 Å². The Morgan fingerprint density at radius 3 is 2.29 bits per heavy atom. The average Bonchev–Trinajstić information content (AvgIpc) is 2.83. The van der Waals surface area contributed by atoms with Gasteiger partial charge in [-0.2, -0.15) is 13.2 Å². The van der Waals surface area contributed by atoms with Crippen molar-refractivity contribution in [3.05, 3.63) is 0 Å². The molecule has 1 aliphatic carbocycles. The lowest BCUT2D eigenvalue weighted by Gasteiger charge is -2.31. The third-order valence-corrected chi connectivity index (χ3v) is 2.61. The van der Waals surface area contributed by atoms with Crippen LogP contribution >= 0.6 is 0 Å². The minimum absolute atomic E-state index is 0.121. The number of alkyl halides is 3. The van der Waals surface area contributed by atoms with E-state index in [2.05, 4.69) is 5.32 Å². The van der Waals surface area contributed by atoms with Gasteiger partial charge in [-0.15, -0.1) is 0 Å². The molecule has 2 N–H and O–H groups in total. The summed E-state index contributed by atoms with van der Waals surface area (Å²) in [5.41, 5.74) is -1.33. The van der Waals surface area contributed by atoms with Crippen molar-refractivity contribution in [3.63, 3.8) is 0 Å². The summed E-state index contributed by atoms with van der Waals surface area (Å²) in [5, 5.41) is 12.0. The Morgan fingerprint density at radius 2 is 1.94 bits per heavy atom. The summed E-state index contributed by atoms with van der Waals surface area (Å²) < 4.78 is 36.4. The Hall–Kier alpha value is -0.820. The molecule has 1 aliphatic rings. The van der Waals surface area contributed by atoms with Crippen molar-refractivity contribution in [1.82, 2.24) is 10.2 Å². The molecule has 1 fully saturated rings. The first-order chi connectivity index (χ1) is 7.62. The van der Waals surface area contributed by atoms with Gasteiger partial charge in [0.05, 0.1) is 6.54 Å². The van der Waals surface area contributed by atoms with Gasteiger partial charge in [-0.1, -0.05) is 0 Å². The average molecular weight is 254 g/mol. The summed E-state index contributed by atoms with van der Waals surface area (Å²) in [6.07, 6.45) is -2.55. The Morgan fingerprint density at radius 1 is 1.41 bits per heavy atom. The molecule has 1 rings (SSSR count). The van der Waals surface area contributed by atoms with E-state index in [4.69, 9.17) is 5.11 Å². The molecule has 17 heavy (non-hydrogen) atoms. The number of nitrogens with one attached hydrogen (secondary N) is 1. The summed E-state index contributed by atoms with van der Waals surface area (Å²) in [6, 6.07) is 0.121. The van der Waals surface area contributed by atoms with Gasteiger partial charge < -0.3 is 5.11 Å². The second-order valence-corrected chi connectivity index (χ2v) is 4.84. The highest BCUT2D eigenvalue weighted by Crippen LogP contribution is 2.24. The van der Waals surface area contributed by atoms with Gasteiger partial charge in [0.25, 0.3) is 0 Å². The first-order valence-electron chi connectivity index (χ1n) is 5.39. The van der Waals surface area contributed by atoms with Gasteiger partial charge >= 0.3 is 12.1 Å². The molecule has 0 heterocycles. The number of aliphatic carboxylic acids is 1. The predicted octanol–water partition coefficient (Wildman–Crippen LogP) is 1.08. The lowest BCUT2D eigenvalue weighted by molar-refractivity contribution is -0.153.